The number of unbranched alkanes of at least 4 members (excludes halogenated alkanes) is 6. The Morgan fingerprint density at radius 1 is 0.643 bits per heavy atom. The molecule has 0 aliphatic rings. The maximum absolute atomic E-state index is 10.4. The summed E-state index contributed by atoms with van der Waals surface area (Å²) in [5, 5.41) is 0. The van der Waals surface area contributed by atoms with E-state index in [1.807, 2.05) is 36.4 Å². The van der Waals surface area contributed by atoms with E-state index in [1.165, 1.54) is 38.5 Å². The summed E-state index contributed by atoms with van der Waals surface area (Å²) in [6, 6.07) is 15.9. The van der Waals surface area contributed by atoms with Crippen molar-refractivity contribution in [3.05, 3.63) is 59.7 Å². The number of hydrogen-bond donors (Lipinski definition) is 1. The Morgan fingerprint density at radius 3 is 1.50 bits per heavy atom. The topological polar surface area (TPSA) is 38.7 Å². The molecule has 0 atom stereocenters. The summed E-state index contributed by atoms with van der Waals surface area (Å²) in [7, 11) is -2.01. The minimum absolute atomic E-state index is 0.730. The van der Waals surface area contributed by atoms with Crippen molar-refractivity contribution in [1.82, 2.24) is 0 Å². The van der Waals surface area contributed by atoms with E-state index in [0.29, 0.717) is 0 Å². The van der Waals surface area contributed by atoms with Crippen LogP contribution in [0.2, 0.25) is 0 Å². The zero-order valence-electron chi connectivity index (χ0n) is 17.4. The lowest BCUT2D eigenvalue weighted by Gasteiger charge is -2.17. The van der Waals surface area contributed by atoms with Crippen molar-refractivity contribution in [2.45, 2.75) is 78.1 Å². The molecule has 2 aromatic carbocycles. The molecule has 0 radical (unpaired) electrons. The summed E-state index contributed by atoms with van der Waals surface area (Å²) in [6.07, 6.45) is 11.6. The molecule has 0 aliphatic carbocycles. The number of rotatable bonds is 14. The van der Waals surface area contributed by atoms with E-state index in [4.69, 9.17) is 9.05 Å². The average molecular weight is 403 g/mol. The van der Waals surface area contributed by atoms with Crippen LogP contribution in [0.25, 0.3) is 0 Å². The second kappa shape index (κ2) is 13.6. The molecule has 0 saturated carbocycles. The molecule has 1 N–H and O–H groups in total. The second-order valence-electron chi connectivity index (χ2n) is 7.26. The van der Waals surface area contributed by atoms with Gasteiger partial charge in [0.1, 0.15) is 11.5 Å². The van der Waals surface area contributed by atoms with Crippen LogP contribution < -0.4 is 9.05 Å². The number of hydrogen-bond acceptors (Lipinski definition) is 3. The van der Waals surface area contributed by atoms with Crippen molar-refractivity contribution in [2.75, 3.05) is 0 Å². The highest BCUT2D eigenvalue weighted by atomic mass is 31.2. The predicted octanol–water partition coefficient (Wildman–Crippen LogP) is 7.61. The van der Waals surface area contributed by atoms with E-state index < -0.39 is 8.60 Å². The van der Waals surface area contributed by atoms with Gasteiger partial charge in [0.2, 0.25) is 0 Å². The van der Waals surface area contributed by atoms with Gasteiger partial charge >= 0.3 is 8.60 Å². The van der Waals surface area contributed by atoms with E-state index >= 15 is 0 Å². The zero-order chi connectivity index (χ0) is 20.0. The van der Waals surface area contributed by atoms with E-state index in [-0.39, 0.29) is 0 Å². The maximum atomic E-state index is 10.4. The molecule has 2 aromatic rings. The fourth-order valence-electron chi connectivity index (χ4n) is 3.27. The molecule has 0 saturated heterocycles. The molecular formula is C24H35O3P. The highest BCUT2D eigenvalue weighted by Gasteiger charge is 2.16. The molecule has 154 valence electrons. The maximum Gasteiger partial charge on any atom is 0.460 e. The first-order valence-corrected chi connectivity index (χ1v) is 11.9. The van der Waals surface area contributed by atoms with Gasteiger partial charge in [-0.05, 0) is 48.9 Å². The van der Waals surface area contributed by atoms with Gasteiger partial charge < -0.3 is 13.9 Å². The van der Waals surface area contributed by atoms with Gasteiger partial charge in [0, 0.05) is 0 Å². The molecule has 2 rings (SSSR count). The van der Waals surface area contributed by atoms with Crippen LogP contribution in [-0.2, 0) is 12.8 Å². The fourth-order valence-corrected chi connectivity index (χ4v) is 4.00. The summed E-state index contributed by atoms with van der Waals surface area (Å²) in [6.45, 7) is 4.43. The highest BCUT2D eigenvalue weighted by Crippen LogP contribution is 2.39. The Labute approximate surface area is 172 Å². The monoisotopic (exact) mass is 402 g/mol. The van der Waals surface area contributed by atoms with Crippen molar-refractivity contribution < 1.29 is 13.9 Å². The molecule has 0 amide bonds. The van der Waals surface area contributed by atoms with Gasteiger partial charge in [-0.15, -0.1) is 0 Å². The van der Waals surface area contributed by atoms with Crippen LogP contribution in [0.4, 0.5) is 0 Å². The van der Waals surface area contributed by atoms with Crippen LogP contribution in [0.5, 0.6) is 11.5 Å². The molecule has 0 spiro atoms. The second-order valence-corrected chi connectivity index (χ2v) is 8.10. The van der Waals surface area contributed by atoms with Crippen molar-refractivity contribution in [2.24, 2.45) is 0 Å². The molecule has 0 aromatic heterocycles. The van der Waals surface area contributed by atoms with Gasteiger partial charge in [-0.3, -0.25) is 0 Å². The van der Waals surface area contributed by atoms with E-state index in [0.717, 1.165) is 48.3 Å². The summed E-state index contributed by atoms with van der Waals surface area (Å²) in [4.78, 5) is 10.4. The molecule has 3 nitrogen and oxygen atoms in total. The van der Waals surface area contributed by atoms with Crippen molar-refractivity contribution in [3.8, 4) is 11.5 Å². The van der Waals surface area contributed by atoms with Gasteiger partial charge in [0.25, 0.3) is 0 Å². The lowest BCUT2D eigenvalue weighted by Crippen LogP contribution is -2.00. The first-order valence-electron chi connectivity index (χ1n) is 10.7. The summed E-state index contributed by atoms with van der Waals surface area (Å²) < 4.78 is 11.6. The quantitative estimate of drug-likeness (QED) is 0.261. The number of benzene rings is 2. The lowest BCUT2D eigenvalue weighted by molar-refractivity contribution is 0.378. The lowest BCUT2D eigenvalue weighted by atomic mass is 10.1. The summed E-state index contributed by atoms with van der Waals surface area (Å²) >= 11 is 0. The third-order valence-electron chi connectivity index (χ3n) is 4.90. The van der Waals surface area contributed by atoms with Crippen LogP contribution in [0, 0.1) is 0 Å². The minimum Gasteiger partial charge on any atom is -0.418 e. The van der Waals surface area contributed by atoms with E-state index in [1.54, 1.807) is 0 Å². The third kappa shape index (κ3) is 8.20. The van der Waals surface area contributed by atoms with Crippen LogP contribution >= 0.6 is 8.60 Å². The van der Waals surface area contributed by atoms with Crippen molar-refractivity contribution >= 4 is 8.60 Å². The summed E-state index contributed by atoms with van der Waals surface area (Å²) in [5.74, 6) is 1.46. The van der Waals surface area contributed by atoms with Crippen LogP contribution in [0.3, 0.4) is 0 Å². The van der Waals surface area contributed by atoms with Gasteiger partial charge in [-0.1, -0.05) is 88.8 Å². The Morgan fingerprint density at radius 2 is 1.07 bits per heavy atom. The third-order valence-corrected chi connectivity index (χ3v) is 5.60. The smallest absolute Gasteiger partial charge is 0.418 e. The fraction of sp³-hybridized carbons (Fsp3) is 0.500. The molecular weight excluding hydrogens is 367 g/mol. The van der Waals surface area contributed by atoms with Crippen LogP contribution in [0.15, 0.2) is 48.5 Å². The first kappa shape index (κ1) is 22.7. The van der Waals surface area contributed by atoms with Crippen LogP contribution in [0.1, 0.15) is 76.3 Å². The van der Waals surface area contributed by atoms with Gasteiger partial charge in [0.15, 0.2) is 0 Å². The van der Waals surface area contributed by atoms with E-state index in [9.17, 15) is 4.89 Å². The van der Waals surface area contributed by atoms with E-state index in [2.05, 4.69) is 26.0 Å². The zero-order valence-corrected chi connectivity index (χ0v) is 18.3. The largest absolute Gasteiger partial charge is 0.460 e. The van der Waals surface area contributed by atoms with Crippen LogP contribution in [-0.4, -0.2) is 4.89 Å². The first-order chi connectivity index (χ1) is 13.7. The molecule has 28 heavy (non-hydrogen) atoms. The Kier molecular flexibility index (Phi) is 11.0. The van der Waals surface area contributed by atoms with Gasteiger partial charge in [-0.25, -0.2) is 0 Å². The summed E-state index contributed by atoms with van der Waals surface area (Å²) in [5.41, 5.74) is 2.27. The molecule has 4 heteroatoms. The number of para-hydroxylation sites is 2. The number of aryl methyl sites for hydroxylation is 2. The highest BCUT2D eigenvalue weighted by molar-refractivity contribution is 7.41. The Balaban J connectivity index is 1.93. The molecule has 0 bridgehead atoms. The Bertz CT molecular complexity index is 617. The van der Waals surface area contributed by atoms with Crippen molar-refractivity contribution in [3.63, 3.8) is 0 Å². The average Bonchev–Trinajstić information content (AvgIpc) is 2.71. The van der Waals surface area contributed by atoms with Gasteiger partial charge in [-0.2, -0.15) is 0 Å². The normalized spacial score (nSPS) is 11.0. The SMILES string of the molecule is CCCCCCc1ccccc1OP(O)Oc1ccccc1CCCCCC. The van der Waals surface area contributed by atoms with Crippen molar-refractivity contribution in [1.29, 1.82) is 0 Å². The molecule has 0 fully saturated rings. The molecule has 0 unspecified atom stereocenters. The molecule has 0 heterocycles. The molecule has 0 aliphatic heterocycles. The minimum atomic E-state index is -2.01. The van der Waals surface area contributed by atoms with Gasteiger partial charge in [0.05, 0.1) is 0 Å². The Hall–Kier alpha value is -1.57. The standard InChI is InChI=1S/C24H35O3P/c1-3-5-7-9-15-21-17-11-13-19-23(21)26-28(25)27-24-20-14-12-18-22(24)16-10-8-6-4-2/h11-14,17-20,25H,3-10,15-16H2,1-2H3. The predicted molar refractivity (Wildman–Crippen MR) is 119 cm³/mol.